The minimum absolute atomic E-state index is 0.00611. The predicted molar refractivity (Wildman–Crippen MR) is 140 cm³/mol. The molecule has 4 aliphatic rings. The third kappa shape index (κ3) is 7.24. The van der Waals surface area contributed by atoms with E-state index in [0.717, 1.165) is 63.2 Å². The fourth-order valence-electron chi connectivity index (χ4n) is 5.84. The van der Waals surface area contributed by atoms with Crippen molar-refractivity contribution in [1.29, 1.82) is 0 Å². The van der Waals surface area contributed by atoms with Crippen molar-refractivity contribution >= 4 is 27.8 Å². The second-order valence-corrected chi connectivity index (χ2v) is 13.5. The van der Waals surface area contributed by atoms with Crippen LogP contribution in [0.15, 0.2) is 22.1 Å². The molecule has 0 radical (unpaired) electrons. The number of likely N-dealkylation sites (tertiary alicyclic amines) is 1. The van der Waals surface area contributed by atoms with E-state index in [1.165, 1.54) is 43.4 Å². The highest BCUT2D eigenvalue weighted by atomic mass is 32.2. The van der Waals surface area contributed by atoms with Crippen LogP contribution < -0.4 is 10.0 Å². The lowest BCUT2D eigenvalue weighted by Crippen LogP contribution is -2.52. The third-order valence-electron chi connectivity index (χ3n) is 7.67. The Morgan fingerprint density at radius 1 is 1.03 bits per heavy atom. The minimum atomic E-state index is -3.17. The summed E-state index contributed by atoms with van der Waals surface area (Å²) in [5.74, 6) is 0.122. The fraction of sp³-hybridized carbons (Fsp3) is 0.800. The number of nitrogens with zero attached hydrogens (tertiary/aromatic N) is 2. The Morgan fingerprint density at radius 2 is 1.68 bits per heavy atom. The average Bonchev–Trinajstić information content (AvgIpc) is 3.26. The lowest BCUT2D eigenvalue weighted by molar-refractivity contribution is 0.107. The summed E-state index contributed by atoms with van der Waals surface area (Å²) < 4.78 is 26.6. The number of rotatable bonds is 8. The summed E-state index contributed by atoms with van der Waals surface area (Å²) in [5, 5.41) is 4.22. The van der Waals surface area contributed by atoms with Crippen LogP contribution in [0.1, 0.15) is 84.0 Å². The molecular formula is C25H42N4O3S2. The van der Waals surface area contributed by atoms with Crippen molar-refractivity contribution < 1.29 is 13.2 Å². The number of thioether (sulfide) groups is 1. The largest absolute Gasteiger partial charge is 0.322 e. The van der Waals surface area contributed by atoms with Crippen LogP contribution in [0.2, 0.25) is 0 Å². The molecule has 9 heteroatoms. The first kappa shape index (κ1) is 26.0. The van der Waals surface area contributed by atoms with Crippen molar-refractivity contribution in [3.05, 3.63) is 22.1 Å². The molecule has 3 fully saturated rings. The van der Waals surface area contributed by atoms with Gasteiger partial charge in [-0.2, -0.15) is 0 Å². The van der Waals surface area contributed by atoms with Crippen LogP contribution in [0.25, 0.3) is 0 Å². The van der Waals surface area contributed by atoms with E-state index in [9.17, 15) is 13.2 Å². The number of hydrogen-bond donors (Lipinski definition) is 2. The molecule has 2 heterocycles. The number of sulfonamides is 1. The molecule has 34 heavy (non-hydrogen) atoms. The zero-order valence-electron chi connectivity index (χ0n) is 20.6. The van der Waals surface area contributed by atoms with Gasteiger partial charge in [0.15, 0.2) is 0 Å². The van der Waals surface area contributed by atoms with Gasteiger partial charge in [-0.05, 0) is 51.5 Å². The van der Waals surface area contributed by atoms with Crippen LogP contribution in [0.3, 0.4) is 0 Å². The maximum absolute atomic E-state index is 13.5. The van der Waals surface area contributed by atoms with Gasteiger partial charge in [-0.3, -0.25) is 4.90 Å². The van der Waals surface area contributed by atoms with Gasteiger partial charge in [0, 0.05) is 42.7 Å². The Labute approximate surface area is 210 Å². The molecule has 1 unspecified atom stereocenters. The molecule has 2 amide bonds. The van der Waals surface area contributed by atoms with Gasteiger partial charge >= 0.3 is 6.03 Å². The second-order valence-electron chi connectivity index (χ2n) is 10.2. The zero-order chi connectivity index (χ0) is 24.0. The van der Waals surface area contributed by atoms with Crippen molar-refractivity contribution in [2.75, 3.05) is 25.4 Å². The van der Waals surface area contributed by atoms with Crippen molar-refractivity contribution in [2.24, 2.45) is 0 Å². The number of carbonyl (C=O) groups excluding carboxylic acids is 1. The first-order valence-corrected chi connectivity index (χ1v) is 15.8. The normalized spacial score (nSPS) is 25.6. The Balaban J connectivity index is 1.30. The summed E-state index contributed by atoms with van der Waals surface area (Å²) in [7, 11) is -3.17. The molecule has 0 bridgehead atoms. The Hall–Kier alpha value is -1.03. The summed E-state index contributed by atoms with van der Waals surface area (Å²) in [6.45, 7) is 4.10. The number of urea groups is 1. The lowest BCUT2D eigenvalue weighted by Gasteiger charge is -2.41. The molecule has 0 aromatic carbocycles. The van der Waals surface area contributed by atoms with Gasteiger partial charge in [0.05, 0.1) is 10.8 Å². The highest BCUT2D eigenvalue weighted by Gasteiger charge is 2.33. The first-order chi connectivity index (χ1) is 16.4. The van der Waals surface area contributed by atoms with E-state index in [4.69, 9.17) is 0 Å². The van der Waals surface area contributed by atoms with E-state index >= 15 is 0 Å². The van der Waals surface area contributed by atoms with Gasteiger partial charge in [0.25, 0.3) is 0 Å². The lowest BCUT2D eigenvalue weighted by atomic mass is 9.89. The topological polar surface area (TPSA) is 81.8 Å². The van der Waals surface area contributed by atoms with Gasteiger partial charge in [0.2, 0.25) is 10.0 Å². The predicted octanol–water partition coefficient (Wildman–Crippen LogP) is 4.54. The van der Waals surface area contributed by atoms with Gasteiger partial charge < -0.3 is 10.2 Å². The Bertz CT molecular complexity index is 843. The molecule has 0 aromatic rings. The summed E-state index contributed by atoms with van der Waals surface area (Å²) in [6.07, 6.45) is 18.1. The van der Waals surface area contributed by atoms with Gasteiger partial charge in [-0.25, -0.2) is 17.9 Å². The van der Waals surface area contributed by atoms with Crippen molar-refractivity contribution in [2.45, 2.75) is 102 Å². The van der Waals surface area contributed by atoms with E-state index in [0.29, 0.717) is 12.1 Å². The Kier molecular flexibility index (Phi) is 9.41. The molecule has 2 saturated carbocycles. The first-order valence-electron chi connectivity index (χ1n) is 13.3. The number of nitrogens with one attached hydrogen (secondary N) is 2. The van der Waals surface area contributed by atoms with Crippen LogP contribution in [-0.2, 0) is 10.0 Å². The van der Waals surface area contributed by atoms with Crippen molar-refractivity contribution in [3.63, 3.8) is 0 Å². The van der Waals surface area contributed by atoms with E-state index in [-0.39, 0.29) is 17.8 Å². The van der Waals surface area contributed by atoms with E-state index in [2.05, 4.69) is 32.0 Å². The van der Waals surface area contributed by atoms with Crippen LogP contribution in [0, 0.1) is 0 Å². The average molecular weight is 511 g/mol. The maximum atomic E-state index is 13.5. The molecular weight excluding hydrogens is 468 g/mol. The number of amides is 2. The summed E-state index contributed by atoms with van der Waals surface area (Å²) in [4.78, 5) is 19.3. The van der Waals surface area contributed by atoms with E-state index < -0.39 is 10.0 Å². The fourth-order valence-corrected chi connectivity index (χ4v) is 7.74. The summed E-state index contributed by atoms with van der Waals surface area (Å²) in [5.41, 5.74) is 0. The minimum Gasteiger partial charge on any atom is -0.319 e. The molecule has 1 atom stereocenters. The van der Waals surface area contributed by atoms with Crippen LogP contribution in [0.4, 0.5) is 4.79 Å². The quantitative estimate of drug-likeness (QED) is 0.501. The molecule has 2 N–H and O–H groups in total. The van der Waals surface area contributed by atoms with Gasteiger partial charge in [0.1, 0.15) is 0 Å². The zero-order valence-corrected chi connectivity index (χ0v) is 22.3. The molecule has 192 valence electrons. The molecule has 2 aliphatic carbocycles. The SMILES string of the molecule is CCS(=O)(=O)NC1CCN(CC2=CCC=C(NC(=O)N(C3CCCCC3)C3CCCCC3)S2)C1. The molecule has 7 nitrogen and oxygen atoms in total. The molecule has 4 rings (SSSR count). The van der Waals surface area contributed by atoms with E-state index in [1.807, 2.05) is 0 Å². The number of carbonyl (C=O) groups is 1. The second kappa shape index (κ2) is 12.3. The van der Waals surface area contributed by atoms with Crippen molar-refractivity contribution in [1.82, 2.24) is 19.8 Å². The van der Waals surface area contributed by atoms with Crippen LogP contribution in [-0.4, -0.2) is 67.8 Å². The maximum Gasteiger partial charge on any atom is 0.322 e. The monoisotopic (exact) mass is 510 g/mol. The van der Waals surface area contributed by atoms with Crippen molar-refractivity contribution in [3.8, 4) is 0 Å². The molecule has 2 aliphatic heterocycles. The third-order valence-corrected chi connectivity index (χ3v) is 10.2. The highest BCUT2D eigenvalue weighted by molar-refractivity contribution is 8.06. The summed E-state index contributed by atoms with van der Waals surface area (Å²) >= 11 is 1.66. The number of allylic oxidation sites excluding steroid dienone is 2. The standard InChI is InChI=1S/C25H42N4O3S2/c1-2-34(31,32)27-20-16-17-28(18-20)19-23-14-9-15-24(33-23)26-25(30)29(21-10-5-3-6-11-21)22-12-7-4-8-13-22/h14-15,20-22,27H,2-13,16-19H2,1H3,(H,26,30). The van der Waals surface area contributed by atoms with E-state index in [1.54, 1.807) is 18.7 Å². The molecule has 0 aromatic heterocycles. The Morgan fingerprint density at radius 3 is 2.29 bits per heavy atom. The molecule has 0 spiro atoms. The van der Waals surface area contributed by atoms with Crippen LogP contribution in [0.5, 0.6) is 0 Å². The molecule has 1 saturated heterocycles. The van der Waals surface area contributed by atoms with Crippen LogP contribution >= 0.6 is 11.8 Å². The highest BCUT2D eigenvalue weighted by Crippen LogP contribution is 2.33. The van der Waals surface area contributed by atoms with Gasteiger partial charge in [-0.1, -0.05) is 56.4 Å². The smallest absolute Gasteiger partial charge is 0.319 e. The van der Waals surface area contributed by atoms with Gasteiger partial charge in [-0.15, -0.1) is 0 Å². The number of hydrogen-bond acceptors (Lipinski definition) is 5. The summed E-state index contributed by atoms with van der Waals surface area (Å²) in [6, 6.07) is 0.853.